The zero-order chi connectivity index (χ0) is 5.70. The van der Waals surface area contributed by atoms with Gasteiger partial charge in [-0.3, -0.25) is 0 Å². The van der Waals surface area contributed by atoms with E-state index >= 15 is 0 Å². The summed E-state index contributed by atoms with van der Waals surface area (Å²) >= 11 is 0. The average molecular weight is 99.2 g/mol. The second-order valence-electron chi connectivity index (χ2n) is 1.40. The van der Waals surface area contributed by atoms with Crippen LogP contribution in [-0.4, -0.2) is 13.1 Å². The van der Waals surface area contributed by atoms with Gasteiger partial charge in [-0.15, -0.1) is 4.90 Å². The van der Waals surface area contributed by atoms with Crippen LogP contribution in [0.5, 0.6) is 0 Å². The molecule has 1 radical (unpaired) electrons. The molecule has 0 saturated carbocycles. The molecule has 0 heterocycles. The first kappa shape index (κ1) is 6.70. The van der Waals surface area contributed by atoms with E-state index in [0.29, 0.717) is 0 Å². The molecule has 41 valence electrons. The van der Waals surface area contributed by atoms with E-state index in [1.165, 1.54) is 0 Å². The molecule has 0 amide bonds. The Kier molecular flexibility index (Phi) is 3.71. The number of hydrogen-bond donors (Lipinski definition) is 0. The standard InChI is InChI=1S/C6H13N/c1-4-7(5-2)6-3/h4H,1,5-6H2,2-3H3/q+1. The van der Waals surface area contributed by atoms with E-state index in [-0.39, 0.29) is 0 Å². The summed E-state index contributed by atoms with van der Waals surface area (Å²) in [6, 6.07) is 0. The third kappa shape index (κ3) is 2.40. The minimum absolute atomic E-state index is 1.07. The normalized spacial score (nSPS) is 9.57. The van der Waals surface area contributed by atoms with Gasteiger partial charge in [-0.1, -0.05) is 0 Å². The van der Waals surface area contributed by atoms with Crippen molar-refractivity contribution >= 4 is 0 Å². The fourth-order valence-electron chi connectivity index (χ4n) is 0.482. The van der Waals surface area contributed by atoms with Gasteiger partial charge in [0.15, 0.2) is 0 Å². The molecule has 0 aliphatic carbocycles. The lowest BCUT2D eigenvalue weighted by Crippen LogP contribution is -2.21. The van der Waals surface area contributed by atoms with Crippen molar-refractivity contribution in [3.05, 3.63) is 12.8 Å². The summed E-state index contributed by atoms with van der Waals surface area (Å²) < 4.78 is 0. The molecule has 0 N–H and O–H groups in total. The maximum atomic E-state index is 3.63. The Morgan fingerprint density at radius 1 is 1.43 bits per heavy atom. The molecule has 1 heteroatoms. The summed E-state index contributed by atoms with van der Waals surface area (Å²) in [4.78, 5) is 2.14. The summed E-state index contributed by atoms with van der Waals surface area (Å²) in [5.41, 5.74) is 0. The molecule has 1 nitrogen and oxygen atoms in total. The van der Waals surface area contributed by atoms with Crippen LogP contribution >= 0.6 is 0 Å². The summed E-state index contributed by atoms with van der Waals surface area (Å²) in [5, 5.41) is 0. The van der Waals surface area contributed by atoms with E-state index < -0.39 is 0 Å². The van der Waals surface area contributed by atoms with Crippen LogP contribution in [-0.2, 0) is 0 Å². The van der Waals surface area contributed by atoms with Gasteiger partial charge in [-0.2, -0.15) is 0 Å². The van der Waals surface area contributed by atoms with Gasteiger partial charge >= 0.3 is 0 Å². The Morgan fingerprint density at radius 3 is 1.86 bits per heavy atom. The molecule has 0 atom stereocenters. The smallest absolute Gasteiger partial charge is 0.137 e. The highest BCUT2D eigenvalue weighted by molar-refractivity contribution is 4.72. The first-order valence-electron chi connectivity index (χ1n) is 2.71. The second kappa shape index (κ2) is 3.88. The molecule has 0 aromatic rings. The molecule has 7 heavy (non-hydrogen) atoms. The van der Waals surface area contributed by atoms with E-state index in [4.69, 9.17) is 0 Å². The molecule has 0 aromatic heterocycles. The van der Waals surface area contributed by atoms with Crippen LogP contribution in [0.25, 0.3) is 0 Å². The van der Waals surface area contributed by atoms with Gasteiger partial charge in [0.2, 0.25) is 0 Å². The number of rotatable bonds is 3. The highest BCUT2D eigenvalue weighted by Crippen LogP contribution is 1.77. The predicted octanol–water partition coefficient (Wildman–Crippen LogP) is 1.31. The fourth-order valence-corrected chi connectivity index (χ4v) is 0.482. The van der Waals surface area contributed by atoms with Crippen LogP contribution in [0.15, 0.2) is 12.8 Å². The Morgan fingerprint density at radius 2 is 1.86 bits per heavy atom. The Hall–Kier alpha value is -0.300. The fraction of sp³-hybridized carbons (Fsp3) is 0.667. The molecule has 0 bridgehead atoms. The lowest BCUT2D eigenvalue weighted by molar-refractivity contribution is 0.572. The van der Waals surface area contributed by atoms with Crippen molar-refractivity contribution in [1.29, 1.82) is 0 Å². The molecule has 0 aromatic carbocycles. The van der Waals surface area contributed by atoms with E-state index in [2.05, 4.69) is 25.3 Å². The highest BCUT2D eigenvalue weighted by Gasteiger charge is 1.98. The molecule has 0 rings (SSSR count). The maximum Gasteiger partial charge on any atom is 0.137 e. The van der Waals surface area contributed by atoms with Gasteiger partial charge in [0.25, 0.3) is 0 Å². The lowest BCUT2D eigenvalue weighted by atomic mass is 10.5. The topological polar surface area (TPSA) is 5.90 Å². The van der Waals surface area contributed by atoms with Crippen molar-refractivity contribution in [2.75, 3.05) is 13.1 Å². The average Bonchev–Trinajstić information content (AvgIpc) is 1.72. The van der Waals surface area contributed by atoms with Crippen LogP contribution in [0.2, 0.25) is 0 Å². The monoisotopic (exact) mass is 99.1 g/mol. The largest absolute Gasteiger partial charge is 0.142 e. The Labute approximate surface area is 45.6 Å². The summed E-state index contributed by atoms with van der Waals surface area (Å²) in [6.45, 7) is 10.0. The Bertz CT molecular complexity index is 46.1. The van der Waals surface area contributed by atoms with Crippen molar-refractivity contribution in [1.82, 2.24) is 4.90 Å². The van der Waals surface area contributed by atoms with E-state index in [9.17, 15) is 0 Å². The van der Waals surface area contributed by atoms with Crippen LogP contribution in [0, 0.1) is 0 Å². The van der Waals surface area contributed by atoms with Gasteiger partial charge in [0, 0.05) is 0 Å². The van der Waals surface area contributed by atoms with E-state index in [0.717, 1.165) is 13.1 Å². The summed E-state index contributed by atoms with van der Waals surface area (Å²) in [7, 11) is 0. The zero-order valence-electron chi connectivity index (χ0n) is 5.15. The molecule has 0 unspecified atom stereocenters. The van der Waals surface area contributed by atoms with Gasteiger partial charge in [0.1, 0.15) is 19.3 Å². The third-order valence-corrected chi connectivity index (χ3v) is 1.07. The number of hydrogen-bond acceptors (Lipinski definition) is 1. The van der Waals surface area contributed by atoms with Gasteiger partial charge in [-0.05, 0) is 20.4 Å². The molecular weight excluding hydrogens is 86.1 g/mol. The quantitative estimate of drug-likeness (QED) is 0.470. The van der Waals surface area contributed by atoms with Crippen molar-refractivity contribution < 1.29 is 0 Å². The minimum atomic E-state index is 1.07. The minimum Gasteiger partial charge on any atom is -0.142 e. The molecule has 0 aliphatic rings. The molecule has 0 saturated heterocycles. The zero-order valence-corrected chi connectivity index (χ0v) is 5.15. The van der Waals surface area contributed by atoms with Crippen molar-refractivity contribution in [3.8, 4) is 0 Å². The molecule has 0 spiro atoms. The van der Waals surface area contributed by atoms with E-state index in [1.807, 2.05) is 6.20 Å². The van der Waals surface area contributed by atoms with E-state index in [1.54, 1.807) is 0 Å². The summed E-state index contributed by atoms with van der Waals surface area (Å²) in [6.07, 6.45) is 1.86. The Balaban J connectivity index is 3.16. The lowest BCUT2D eigenvalue weighted by Gasteiger charge is -1.96. The first-order valence-corrected chi connectivity index (χ1v) is 2.71. The summed E-state index contributed by atoms with van der Waals surface area (Å²) in [5.74, 6) is 0. The van der Waals surface area contributed by atoms with Gasteiger partial charge in [0.05, 0.1) is 0 Å². The predicted molar refractivity (Wildman–Crippen MR) is 33.4 cm³/mol. The van der Waals surface area contributed by atoms with Crippen molar-refractivity contribution in [3.63, 3.8) is 0 Å². The van der Waals surface area contributed by atoms with Gasteiger partial charge in [-0.25, -0.2) is 0 Å². The first-order chi connectivity index (χ1) is 3.35. The number of nitrogens with zero attached hydrogens (tertiary/aromatic N) is 1. The van der Waals surface area contributed by atoms with Crippen LogP contribution in [0.3, 0.4) is 0 Å². The van der Waals surface area contributed by atoms with Crippen LogP contribution in [0.4, 0.5) is 0 Å². The highest BCUT2D eigenvalue weighted by atomic mass is 15.1. The maximum absolute atomic E-state index is 3.63. The second-order valence-corrected chi connectivity index (χ2v) is 1.40. The van der Waals surface area contributed by atoms with Gasteiger partial charge < -0.3 is 0 Å². The van der Waals surface area contributed by atoms with Crippen LogP contribution in [0.1, 0.15) is 13.8 Å². The van der Waals surface area contributed by atoms with Crippen molar-refractivity contribution in [2.45, 2.75) is 13.8 Å². The van der Waals surface area contributed by atoms with Crippen molar-refractivity contribution in [2.24, 2.45) is 0 Å². The molecule has 0 fully saturated rings. The molecule has 0 aliphatic heterocycles. The molecular formula is C6H13N+. The van der Waals surface area contributed by atoms with Crippen LogP contribution < -0.4 is 4.90 Å². The third-order valence-electron chi connectivity index (χ3n) is 1.07. The SMILES string of the molecule is C=C[N+](CC)CC.